The molecule has 1 aliphatic heterocycles. The number of rotatable bonds is 4. The third kappa shape index (κ3) is 4.01. The standard InChI is InChI=1S/C14H19Cl2N3O2/c1-8-12(3-4-21-8)19(2)7-13(20)18-14-10(16)5-9(15)6-11(14)17/h5-6,8,12H,3-4,7,17H2,1-2H3,(H,18,20). The van der Waals surface area contributed by atoms with E-state index in [0.29, 0.717) is 21.4 Å². The molecule has 1 saturated heterocycles. The van der Waals surface area contributed by atoms with E-state index in [4.69, 9.17) is 33.7 Å². The Morgan fingerprint density at radius 1 is 1.52 bits per heavy atom. The minimum absolute atomic E-state index is 0.131. The molecule has 3 N–H and O–H groups in total. The molecular formula is C14H19Cl2N3O2. The molecule has 116 valence electrons. The van der Waals surface area contributed by atoms with E-state index in [2.05, 4.69) is 5.32 Å². The van der Waals surface area contributed by atoms with Gasteiger partial charge in [-0.05, 0) is 32.5 Å². The smallest absolute Gasteiger partial charge is 0.238 e. The molecule has 1 aromatic rings. The molecule has 1 fully saturated rings. The highest BCUT2D eigenvalue weighted by molar-refractivity contribution is 6.37. The van der Waals surface area contributed by atoms with Gasteiger partial charge in [-0.25, -0.2) is 0 Å². The van der Waals surface area contributed by atoms with Crippen LogP contribution in [0, 0.1) is 0 Å². The van der Waals surface area contributed by atoms with Crippen molar-refractivity contribution in [3.63, 3.8) is 0 Å². The Bertz CT molecular complexity index is 516. The first kappa shape index (κ1) is 16.4. The maximum Gasteiger partial charge on any atom is 0.238 e. The van der Waals surface area contributed by atoms with E-state index in [1.54, 1.807) is 12.1 Å². The molecule has 1 heterocycles. The lowest BCUT2D eigenvalue weighted by atomic mass is 10.1. The van der Waals surface area contributed by atoms with Crippen molar-refractivity contribution in [2.75, 3.05) is 31.2 Å². The Labute approximate surface area is 134 Å². The van der Waals surface area contributed by atoms with Crippen LogP contribution in [0.3, 0.4) is 0 Å². The van der Waals surface area contributed by atoms with Crippen molar-refractivity contribution in [2.24, 2.45) is 0 Å². The molecule has 0 spiro atoms. The summed E-state index contributed by atoms with van der Waals surface area (Å²) in [5.74, 6) is -0.174. The quantitative estimate of drug-likeness (QED) is 0.832. The Balaban J connectivity index is 1.99. The number of benzene rings is 1. The van der Waals surface area contributed by atoms with Crippen LogP contribution in [0.5, 0.6) is 0 Å². The Morgan fingerprint density at radius 2 is 2.24 bits per heavy atom. The molecule has 0 saturated carbocycles. The van der Waals surface area contributed by atoms with E-state index in [-0.39, 0.29) is 24.6 Å². The van der Waals surface area contributed by atoms with Gasteiger partial charge in [-0.2, -0.15) is 0 Å². The zero-order chi connectivity index (χ0) is 15.6. The van der Waals surface area contributed by atoms with E-state index in [1.807, 2.05) is 18.9 Å². The molecule has 0 aliphatic carbocycles. The van der Waals surface area contributed by atoms with Crippen molar-refractivity contribution in [3.8, 4) is 0 Å². The largest absolute Gasteiger partial charge is 0.397 e. The highest BCUT2D eigenvalue weighted by Gasteiger charge is 2.28. The molecule has 2 atom stereocenters. The van der Waals surface area contributed by atoms with Gasteiger partial charge < -0.3 is 15.8 Å². The minimum Gasteiger partial charge on any atom is -0.397 e. The van der Waals surface area contributed by atoms with Gasteiger partial charge in [0.15, 0.2) is 0 Å². The van der Waals surface area contributed by atoms with Crippen molar-refractivity contribution in [2.45, 2.75) is 25.5 Å². The van der Waals surface area contributed by atoms with Crippen molar-refractivity contribution >= 4 is 40.5 Å². The van der Waals surface area contributed by atoms with Crippen LogP contribution in [0.25, 0.3) is 0 Å². The highest BCUT2D eigenvalue weighted by atomic mass is 35.5. The van der Waals surface area contributed by atoms with E-state index in [9.17, 15) is 4.79 Å². The van der Waals surface area contributed by atoms with Gasteiger partial charge in [0.2, 0.25) is 5.91 Å². The van der Waals surface area contributed by atoms with Crippen LogP contribution in [0.2, 0.25) is 10.0 Å². The lowest BCUT2D eigenvalue weighted by molar-refractivity contribution is -0.117. The van der Waals surface area contributed by atoms with Crippen molar-refractivity contribution in [1.82, 2.24) is 4.90 Å². The molecule has 2 unspecified atom stereocenters. The van der Waals surface area contributed by atoms with Crippen molar-refractivity contribution < 1.29 is 9.53 Å². The Morgan fingerprint density at radius 3 is 2.81 bits per heavy atom. The van der Waals surface area contributed by atoms with Crippen LogP contribution in [0.15, 0.2) is 12.1 Å². The van der Waals surface area contributed by atoms with Crippen LogP contribution in [-0.4, -0.2) is 43.2 Å². The topological polar surface area (TPSA) is 67.6 Å². The zero-order valence-electron chi connectivity index (χ0n) is 12.0. The molecule has 0 bridgehead atoms. The van der Waals surface area contributed by atoms with Gasteiger partial charge in [0.05, 0.1) is 29.0 Å². The third-order valence-electron chi connectivity index (χ3n) is 3.65. The summed E-state index contributed by atoms with van der Waals surface area (Å²) in [6.07, 6.45) is 1.06. The van der Waals surface area contributed by atoms with Gasteiger partial charge in [0.1, 0.15) is 0 Å². The summed E-state index contributed by atoms with van der Waals surface area (Å²) in [5.41, 5.74) is 6.57. The molecule has 1 aromatic carbocycles. The van der Waals surface area contributed by atoms with E-state index in [1.165, 1.54) is 0 Å². The number of nitrogen functional groups attached to an aromatic ring is 1. The first-order valence-electron chi connectivity index (χ1n) is 6.74. The average Bonchev–Trinajstić information content (AvgIpc) is 2.80. The summed E-state index contributed by atoms with van der Waals surface area (Å²) >= 11 is 11.9. The number of nitrogens with zero attached hydrogens (tertiary/aromatic N) is 1. The Hall–Kier alpha value is -1.01. The summed E-state index contributed by atoms with van der Waals surface area (Å²) < 4.78 is 5.51. The number of hydrogen-bond acceptors (Lipinski definition) is 4. The molecule has 5 nitrogen and oxygen atoms in total. The highest BCUT2D eigenvalue weighted by Crippen LogP contribution is 2.32. The lowest BCUT2D eigenvalue weighted by Gasteiger charge is -2.26. The number of hydrogen-bond donors (Lipinski definition) is 2. The number of anilines is 2. The summed E-state index contributed by atoms with van der Waals surface area (Å²) in [4.78, 5) is 14.1. The number of nitrogens with two attached hydrogens (primary N) is 1. The van der Waals surface area contributed by atoms with E-state index < -0.39 is 0 Å². The van der Waals surface area contributed by atoms with Crippen molar-refractivity contribution in [1.29, 1.82) is 0 Å². The van der Waals surface area contributed by atoms with Crippen LogP contribution < -0.4 is 11.1 Å². The number of likely N-dealkylation sites (N-methyl/N-ethyl adjacent to an activating group) is 1. The van der Waals surface area contributed by atoms with Gasteiger partial charge in [0, 0.05) is 17.7 Å². The summed E-state index contributed by atoms with van der Waals surface area (Å²) in [7, 11) is 1.91. The molecule has 21 heavy (non-hydrogen) atoms. The fourth-order valence-electron chi connectivity index (χ4n) is 2.55. The molecule has 1 amide bonds. The molecular weight excluding hydrogens is 313 g/mol. The average molecular weight is 332 g/mol. The zero-order valence-corrected chi connectivity index (χ0v) is 13.5. The molecule has 2 rings (SSSR count). The van der Waals surface area contributed by atoms with Gasteiger partial charge in [-0.3, -0.25) is 9.69 Å². The molecule has 0 radical (unpaired) electrons. The molecule has 1 aliphatic rings. The predicted octanol–water partition coefficient (Wildman–Crippen LogP) is 2.62. The second-order valence-electron chi connectivity index (χ2n) is 5.25. The summed E-state index contributed by atoms with van der Waals surface area (Å²) in [6.45, 7) is 2.99. The second kappa shape index (κ2) is 6.83. The first-order chi connectivity index (χ1) is 9.88. The van der Waals surface area contributed by atoms with E-state index >= 15 is 0 Å². The monoisotopic (exact) mass is 331 g/mol. The number of nitrogens with one attached hydrogen (secondary N) is 1. The predicted molar refractivity (Wildman–Crippen MR) is 86.0 cm³/mol. The van der Waals surface area contributed by atoms with Crippen LogP contribution in [0.4, 0.5) is 11.4 Å². The SMILES string of the molecule is CC1OCCC1N(C)CC(=O)Nc1c(N)cc(Cl)cc1Cl. The fraction of sp³-hybridized carbons (Fsp3) is 0.500. The molecule has 7 heteroatoms. The van der Waals surface area contributed by atoms with Crippen LogP contribution in [0.1, 0.15) is 13.3 Å². The Kier molecular flexibility index (Phi) is 5.32. The second-order valence-corrected chi connectivity index (χ2v) is 6.09. The van der Waals surface area contributed by atoms with Crippen molar-refractivity contribution in [3.05, 3.63) is 22.2 Å². The normalized spacial score (nSPS) is 21.8. The van der Waals surface area contributed by atoms with Crippen LogP contribution in [-0.2, 0) is 9.53 Å². The number of amides is 1. The number of carbonyl (C=O) groups excluding carboxylic acids is 1. The summed E-state index contributed by atoms with van der Waals surface area (Å²) in [6, 6.07) is 3.35. The van der Waals surface area contributed by atoms with Crippen LogP contribution >= 0.6 is 23.2 Å². The van der Waals surface area contributed by atoms with E-state index in [0.717, 1.165) is 13.0 Å². The van der Waals surface area contributed by atoms with Gasteiger partial charge in [-0.15, -0.1) is 0 Å². The minimum atomic E-state index is -0.174. The maximum absolute atomic E-state index is 12.1. The maximum atomic E-state index is 12.1. The number of carbonyl (C=O) groups is 1. The number of halogens is 2. The first-order valence-corrected chi connectivity index (χ1v) is 7.50. The van der Waals surface area contributed by atoms with Gasteiger partial charge in [0.25, 0.3) is 0 Å². The lowest BCUT2D eigenvalue weighted by Crippen LogP contribution is -2.41. The molecule has 0 aromatic heterocycles. The van der Waals surface area contributed by atoms with Gasteiger partial charge >= 0.3 is 0 Å². The summed E-state index contributed by atoms with van der Waals surface area (Å²) in [5, 5.41) is 3.50. The third-order valence-corrected chi connectivity index (χ3v) is 4.16. The van der Waals surface area contributed by atoms with Gasteiger partial charge in [-0.1, -0.05) is 23.2 Å². The number of ether oxygens (including phenoxy) is 1. The fourth-order valence-corrected chi connectivity index (χ4v) is 3.10.